The lowest BCUT2D eigenvalue weighted by Gasteiger charge is -2.33. The van der Waals surface area contributed by atoms with Gasteiger partial charge in [0.05, 0.1) is 25.2 Å². The highest BCUT2D eigenvalue weighted by molar-refractivity contribution is 7.88. The molecule has 1 saturated heterocycles. The van der Waals surface area contributed by atoms with Crippen molar-refractivity contribution in [1.82, 2.24) is 9.62 Å². The molecule has 96 valence electrons. The van der Waals surface area contributed by atoms with Gasteiger partial charge < -0.3 is 5.32 Å². The second-order valence-corrected chi connectivity index (χ2v) is 7.30. The molecule has 7 nitrogen and oxygen atoms in total. The third kappa shape index (κ3) is 4.34. The monoisotopic (exact) mass is 272 g/mol. The molecule has 0 bridgehead atoms. The molecule has 0 radical (unpaired) electrons. The number of nitrogens with one attached hydrogen (secondary N) is 1. The van der Waals surface area contributed by atoms with Crippen LogP contribution in [0.25, 0.3) is 0 Å². The topological polar surface area (TPSA) is 92.8 Å². The van der Waals surface area contributed by atoms with E-state index >= 15 is 0 Å². The molecule has 1 N–H and O–H groups in total. The second kappa shape index (κ2) is 4.96. The van der Waals surface area contributed by atoms with Crippen molar-refractivity contribution < 1.29 is 21.0 Å². The van der Waals surface area contributed by atoms with Crippen LogP contribution in [0, 0.1) is 0 Å². The average Bonchev–Trinajstić information content (AvgIpc) is 2.12. The summed E-state index contributed by atoms with van der Waals surface area (Å²) >= 11 is 0. The van der Waals surface area contributed by atoms with Crippen LogP contribution in [0.5, 0.6) is 0 Å². The van der Waals surface area contributed by atoms with E-state index in [1.807, 2.05) is 0 Å². The van der Waals surface area contributed by atoms with Gasteiger partial charge in [0.1, 0.15) is 0 Å². The summed E-state index contributed by atoms with van der Waals surface area (Å²) in [6.45, 7) is 1.13. The van der Waals surface area contributed by atoms with Gasteiger partial charge in [0, 0.05) is 19.6 Å². The standard InChI is InChI=1S/C7H16N2O5S2/c1-15(10,11)9-4-3-8-5-7(9)6-14-16(2,12)13/h7-8H,3-6H2,1-2H3/t7-/m0/s1. The van der Waals surface area contributed by atoms with E-state index in [2.05, 4.69) is 9.50 Å². The van der Waals surface area contributed by atoms with Crippen molar-refractivity contribution in [3.63, 3.8) is 0 Å². The molecule has 0 saturated carbocycles. The Bertz CT molecular complexity index is 430. The molecular weight excluding hydrogens is 256 g/mol. The van der Waals surface area contributed by atoms with Gasteiger partial charge in [-0.25, -0.2) is 8.42 Å². The molecule has 1 aliphatic rings. The molecule has 0 unspecified atom stereocenters. The lowest BCUT2D eigenvalue weighted by Crippen LogP contribution is -2.55. The molecule has 0 amide bonds. The number of nitrogens with zero attached hydrogens (tertiary/aromatic N) is 1. The number of sulfonamides is 1. The molecule has 9 heteroatoms. The molecule has 0 aromatic rings. The summed E-state index contributed by atoms with van der Waals surface area (Å²) in [6.07, 6.45) is 2.04. The largest absolute Gasteiger partial charge is 0.314 e. The van der Waals surface area contributed by atoms with Crippen LogP contribution in [0.2, 0.25) is 0 Å². The van der Waals surface area contributed by atoms with Crippen molar-refractivity contribution in [2.45, 2.75) is 6.04 Å². The number of hydrogen-bond acceptors (Lipinski definition) is 6. The number of hydrogen-bond donors (Lipinski definition) is 1. The zero-order chi connectivity index (χ0) is 12.4. The molecule has 1 heterocycles. The molecule has 0 spiro atoms. The van der Waals surface area contributed by atoms with E-state index in [0.717, 1.165) is 12.5 Å². The lowest BCUT2D eigenvalue weighted by molar-refractivity contribution is 0.185. The maximum absolute atomic E-state index is 11.4. The van der Waals surface area contributed by atoms with Crippen molar-refractivity contribution in [1.29, 1.82) is 0 Å². The summed E-state index contributed by atoms with van der Waals surface area (Å²) in [5, 5.41) is 2.99. The SMILES string of the molecule is CS(=O)(=O)OC[C@@H]1CNCCN1S(C)(=O)=O. The number of piperazine rings is 1. The Kier molecular flexibility index (Phi) is 4.29. The summed E-state index contributed by atoms with van der Waals surface area (Å²) in [4.78, 5) is 0. The Morgan fingerprint density at radius 1 is 1.31 bits per heavy atom. The highest BCUT2D eigenvalue weighted by atomic mass is 32.2. The van der Waals surface area contributed by atoms with E-state index in [4.69, 9.17) is 0 Å². The van der Waals surface area contributed by atoms with Crippen molar-refractivity contribution in [3.8, 4) is 0 Å². The van der Waals surface area contributed by atoms with Crippen molar-refractivity contribution >= 4 is 20.1 Å². The molecule has 1 aliphatic heterocycles. The van der Waals surface area contributed by atoms with Crippen LogP contribution in [-0.4, -0.2) is 65.9 Å². The van der Waals surface area contributed by atoms with Crippen LogP contribution < -0.4 is 5.32 Å². The first-order valence-electron chi connectivity index (χ1n) is 4.72. The van der Waals surface area contributed by atoms with Crippen LogP contribution in [0.15, 0.2) is 0 Å². The van der Waals surface area contributed by atoms with Gasteiger partial charge >= 0.3 is 0 Å². The smallest absolute Gasteiger partial charge is 0.264 e. The molecular formula is C7H16N2O5S2. The van der Waals surface area contributed by atoms with Crippen molar-refractivity contribution in [2.75, 3.05) is 38.8 Å². The van der Waals surface area contributed by atoms with E-state index in [-0.39, 0.29) is 6.61 Å². The molecule has 1 atom stereocenters. The van der Waals surface area contributed by atoms with Crippen LogP contribution in [0.3, 0.4) is 0 Å². The van der Waals surface area contributed by atoms with Crippen molar-refractivity contribution in [3.05, 3.63) is 0 Å². The van der Waals surface area contributed by atoms with Crippen LogP contribution >= 0.6 is 0 Å². The Balaban J connectivity index is 2.69. The predicted octanol–water partition coefficient (Wildman–Crippen LogP) is -1.80. The number of rotatable bonds is 4. The fourth-order valence-corrected chi connectivity index (χ4v) is 3.03. The first kappa shape index (κ1) is 13.8. The molecule has 0 aliphatic carbocycles. The maximum Gasteiger partial charge on any atom is 0.264 e. The highest BCUT2D eigenvalue weighted by Crippen LogP contribution is 2.09. The zero-order valence-electron chi connectivity index (χ0n) is 9.21. The summed E-state index contributed by atoms with van der Waals surface area (Å²) in [5.74, 6) is 0. The van der Waals surface area contributed by atoms with Gasteiger partial charge in [-0.05, 0) is 0 Å². The van der Waals surface area contributed by atoms with E-state index in [0.29, 0.717) is 19.6 Å². The van der Waals surface area contributed by atoms with Crippen LogP contribution in [-0.2, 0) is 24.3 Å². The molecule has 1 rings (SSSR count). The summed E-state index contributed by atoms with van der Waals surface area (Å²) < 4.78 is 50.3. The quantitative estimate of drug-likeness (QED) is 0.607. The minimum Gasteiger partial charge on any atom is -0.314 e. The zero-order valence-corrected chi connectivity index (χ0v) is 10.8. The van der Waals surface area contributed by atoms with E-state index in [1.165, 1.54) is 4.31 Å². The molecule has 0 aromatic heterocycles. The Hall–Kier alpha value is -0.220. The third-order valence-electron chi connectivity index (χ3n) is 2.20. The fraction of sp³-hybridized carbons (Fsp3) is 1.00. The van der Waals surface area contributed by atoms with E-state index in [1.54, 1.807) is 0 Å². The molecule has 1 fully saturated rings. The van der Waals surface area contributed by atoms with Crippen molar-refractivity contribution in [2.24, 2.45) is 0 Å². The fourth-order valence-electron chi connectivity index (χ4n) is 1.52. The second-order valence-electron chi connectivity index (χ2n) is 3.72. The van der Waals surface area contributed by atoms with Gasteiger partial charge in [0.15, 0.2) is 0 Å². The van der Waals surface area contributed by atoms with Gasteiger partial charge in [-0.2, -0.15) is 12.7 Å². The van der Waals surface area contributed by atoms with Gasteiger partial charge in [-0.1, -0.05) is 0 Å². The lowest BCUT2D eigenvalue weighted by atomic mass is 10.2. The Labute approximate surface area is 95.9 Å². The molecule has 16 heavy (non-hydrogen) atoms. The highest BCUT2D eigenvalue weighted by Gasteiger charge is 2.30. The molecule has 0 aromatic carbocycles. The van der Waals surface area contributed by atoms with Gasteiger partial charge in [-0.15, -0.1) is 0 Å². The first-order chi connectivity index (χ1) is 7.20. The Morgan fingerprint density at radius 2 is 1.94 bits per heavy atom. The van der Waals surface area contributed by atoms with Gasteiger partial charge in [0.25, 0.3) is 10.1 Å². The average molecular weight is 272 g/mol. The maximum atomic E-state index is 11.4. The van der Waals surface area contributed by atoms with E-state index in [9.17, 15) is 16.8 Å². The van der Waals surface area contributed by atoms with Crippen LogP contribution in [0.1, 0.15) is 0 Å². The predicted molar refractivity (Wildman–Crippen MR) is 59.0 cm³/mol. The van der Waals surface area contributed by atoms with Gasteiger partial charge in [0.2, 0.25) is 10.0 Å². The minimum atomic E-state index is -3.54. The minimum absolute atomic E-state index is 0.154. The summed E-state index contributed by atoms with van der Waals surface area (Å²) in [5.41, 5.74) is 0. The van der Waals surface area contributed by atoms with E-state index < -0.39 is 26.2 Å². The Morgan fingerprint density at radius 3 is 2.44 bits per heavy atom. The normalized spacial score (nSPS) is 24.5. The van der Waals surface area contributed by atoms with Gasteiger partial charge in [-0.3, -0.25) is 4.18 Å². The van der Waals surface area contributed by atoms with Crippen LogP contribution in [0.4, 0.5) is 0 Å². The summed E-state index contributed by atoms with van der Waals surface area (Å²) in [7, 11) is -6.87. The summed E-state index contributed by atoms with van der Waals surface area (Å²) in [6, 6.07) is -0.474. The first-order valence-corrected chi connectivity index (χ1v) is 8.38. The third-order valence-corrected chi connectivity index (χ3v) is 4.09.